The van der Waals surface area contributed by atoms with Gasteiger partial charge in [0.25, 0.3) is 0 Å². The monoisotopic (exact) mass is 409 g/mol. The smallest absolute Gasteiger partial charge is 0.366 e. The van der Waals surface area contributed by atoms with E-state index in [-0.39, 0.29) is 6.54 Å². The van der Waals surface area contributed by atoms with Gasteiger partial charge in [-0.15, -0.1) is 0 Å². The fraction of sp³-hybridized carbons (Fsp3) is 0.136. The van der Waals surface area contributed by atoms with Crippen LogP contribution in [0.25, 0.3) is 10.8 Å². The molecule has 0 amide bonds. The predicted molar refractivity (Wildman–Crippen MR) is 111 cm³/mol. The summed E-state index contributed by atoms with van der Waals surface area (Å²) in [4.78, 5) is 13.1. The summed E-state index contributed by atoms with van der Waals surface area (Å²) in [5.74, 6) is 1.50. The van der Waals surface area contributed by atoms with Gasteiger partial charge in [-0.1, -0.05) is 36.4 Å². The van der Waals surface area contributed by atoms with Crippen LogP contribution >= 0.6 is 0 Å². The van der Waals surface area contributed by atoms with Gasteiger partial charge in [0.15, 0.2) is 0 Å². The highest BCUT2D eigenvalue weighted by Gasteiger charge is 2.30. The third kappa shape index (κ3) is 4.32. The Morgan fingerprint density at radius 1 is 0.933 bits per heavy atom. The number of aromatic nitrogens is 3. The maximum atomic E-state index is 12.9. The fourth-order valence-corrected chi connectivity index (χ4v) is 3.05. The third-order valence-electron chi connectivity index (χ3n) is 4.59. The van der Waals surface area contributed by atoms with E-state index in [0.717, 1.165) is 28.5 Å². The molecule has 152 valence electrons. The van der Waals surface area contributed by atoms with Gasteiger partial charge in [0.1, 0.15) is 11.6 Å². The van der Waals surface area contributed by atoms with Crippen LogP contribution in [0.2, 0.25) is 0 Å². The summed E-state index contributed by atoms with van der Waals surface area (Å²) in [5, 5.41) is 8.18. The van der Waals surface area contributed by atoms with Gasteiger partial charge in [0.05, 0.1) is 5.56 Å². The Morgan fingerprint density at radius 3 is 2.60 bits per heavy atom. The lowest BCUT2D eigenvalue weighted by Gasteiger charge is -2.13. The van der Waals surface area contributed by atoms with Crippen molar-refractivity contribution in [2.45, 2.75) is 19.6 Å². The molecule has 2 aromatic heterocycles. The first kappa shape index (κ1) is 19.6. The molecule has 0 bridgehead atoms. The third-order valence-corrected chi connectivity index (χ3v) is 4.59. The number of halogens is 3. The topological polar surface area (TPSA) is 62.7 Å². The number of fused-ring (bicyclic) bond motifs is 1. The van der Waals surface area contributed by atoms with Gasteiger partial charge in [0.2, 0.25) is 5.95 Å². The van der Waals surface area contributed by atoms with E-state index < -0.39 is 11.7 Å². The lowest BCUT2D eigenvalue weighted by Crippen LogP contribution is -2.09. The van der Waals surface area contributed by atoms with Gasteiger partial charge in [0, 0.05) is 29.9 Å². The first-order valence-corrected chi connectivity index (χ1v) is 9.24. The highest BCUT2D eigenvalue weighted by Crippen LogP contribution is 2.30. The lowest BCUT2D eigenvalue weighted by atomic mass is 10.1. The van der Waals surface area contributed by atoms with Crippen LogP contribution in [0.3, 0.4) is 0 Å². The summed E-state index contributed by atoms with van der Waals surface area (Å²) in [7, 11) is 0. The highest BCUT2D eigenvalue weighted by molar-refractivity contribution is 5.92. The standard InChI is InChI=1S/C22H18F3N5/c1-14-12-28-21(30-20-18-8-3-2-6-16(18)9-10-26-20)29-19(14)27-13-15-5-4-7-17(11-15)22(23,24)25/h2-12H,13H2,1H3,(H2,26,27,28,29,30). The molecular formula is C22H18F3N5. The summed E-state index contributed by atoms with van der Waals surface area (Å²) < 4.78 is 38.7. The summed E-state index contributed by atoms with van der Waals surface area (Å²) in [6.07, 6.45) is -1.02. The molecule has 0 unspecified atom stereocenters. The highest BCUT2D eigenvalue weighted by atomic mass is 19.4. The average molecular weight is 409 g/mol. The normalized spacial score (nSPS) is 11.5. The number of rotatable bonds is 5. The molecule has 4 rings (SSSR count). The zero-order valence-electron chi connectivity index (χ0n) is 16.0. The Morgan fingerprint density at radius 2 is 1.77 bits per heavy atom. The zero-order valence-corrected chi connectivity index (χ0v) is 16.0. The number of hydrogen-bond donors (Lipinski definition) is 2. The SMILES string of the molecule is Cc1cnc(Nc2nccc3ccccc23)nc1NCc1cccc(C(F)(F)F)c1. The maximum Gasteiger partial charge on any atom is 0.416 e. The summed E-state index contributed by atoms with van der Waals surface area (Å²) in [5.41, 5.74) is 0.608. The fourth-order valence-electron chi connectivity index (χ4n) is 3.05. The number of alkyl halides is 3. The molecule has 0 radical (unpaired) electrons. The van der Waals surface area contributed by atoms with Crippen molar-refractivity contribution in [1.29, 1.82) is 0 Å². The summed E-state index contributed by atoms with van der Waals surface area (Å²) in [6, 6.07) is 14.9. The quantitative estimate of drug-likeness (QED) is 0.442. The van der Waals surface area contributed by atoms with Gasteiger partial charge in [-0.05, 0) is 36.1 Å². The van der Waals surface area contributed by atoms with Crippen LogP contribution in [0.15, 0.2) is 67.0 Å². The van der Waals surface area contributed by atoms with Crippen LogP contribution in [0.1, 0.15) is 16.7 Å². The van der Waals surface area contributed by atoms with Crippen molar-refractivity contribution >= 4 is 28.4 Å². The van der Waals surface area contributed by atoms with Crippen LogP contribution in [0, 0.1) is 6.92 Å². The van der Waals surface area contributed by atoms with E-state index in [1.54, 1.807) is 18.5 Å². The first-order chi connectivity index (χ1) is 14.4. The van der Waals surface area contributed by atoms with Gasteiger partial charge in [-0.25, -0.2) is 9.97 Å². The Balaban J connectivity index is 1.54. The van der Waals surface area contributed by atoms with Crippen LogP contribution in [0.5, 0.6) is 0 Å². The minimum Gasteiger partial charge on any atom is -0.366 e. The molecule has 8 heteroatoms. The predicted octanol–water partition coefficient (Wildman–Crippen LogP) is 5.71. The van der Waals surface area contributed by atoms with Crippen molar-refractivity contribution in [3.8, 4) is 0 Å². The molecule has 0 saturated heterocycles. The largest absolute Gasteiger partial charge is 0.416 e. The second kappa shape index (κ2) is 7.98. The molecule has 30 heavy (non-hydrogen) atoms. The van der Waals surface area contributed by atoms with Crippen molar-refractivity contribution in [3.63, 3.8) is 0 Å². The number of anilines is 3. The van der Waals surface area contributed by atoms with Crippen LogP contribution in [-0.2, 0) is 12.7 Å². The Kier molecular flexibility index (Phi) is 5.22. The molecule has 0 atom stereocenters. The van der Waals surface area contributed by atoms with Gasteiger partial charge in [-0.3, -0.25) is 0 Å². The van der Waals surface area contributed by atoms with Gasteiger partial charge in [-0.2, -0.15) is 18.2 Å². The second-order valence-electron chi connectivity index (χ2n) is 6.78. The molecule has 2 aromatic carbocycles. The molecule has 0 fully saturated rings. The molecule has 2 N–H and O–H groups in total. The molecule has 2 heterocycles. The molecule has 5 nitrogen and oxygen atoms in total. The van der Waals surface area contributed by atoms with E-state index in [1.807, 2.05) is 37.3 Å². The number of nitrogens with zero attached hydrogens (tertiary/aromatic N) is 3. The van der Waals surface area contributed by atoms with Crippen molar-refractivity contribution in [2.75, 3.05) is 10.6 Å². The summed E-state index contributed by atoms with van der Waals surface area (Å²) >= 11 is 0. The van der Waals surface area contributed by atoms with Gasteiger partial charge < -0.3 is 10.6 Å². The van der Waals surface area contributed by atoms with Crippen molar-refractivity contribution < 1.29 is 13.2 Å². The van der Waals surface area contributed by atoms with Crippen molar-refractivity contribution in [1.82, 2.24) is 15.0 Å². The van der Waals surface area contributed by atoms with Crippen LogP contribution in [0.4, 0.5) is 30.8 Å². The Bertz CT molecular complexity index is 1190. The molecule has 0 aliphatic rings. The molecule has 0 spiro atoms. The van der Waals surface area contributed by atoms with E-state index >= 15 is 0 Å². The molecule has 0 aliphatic heterocycles. The molecule has 4 aromatic rings. The van der Waals surface area contributed by atoms with E-state index in [4.69, 9.17) is 0 Å². The average Bonchev–Trinajstić information content (AvgIpc) is 2.74. The minimum absolute atomic E-state index is 0.202. The van der Waals surface area contributed by atoms with Crippen LogP contribution in [-0.4, -0.2) is 15.0 Å². The van der Waals surface area contributed by atoms with E-state index in [9.17, 15) is 13.2 Å². The van der Waals surface area contributed by atoms with Gasteiger partial charge >= 0.3 is 6.18 Å². The first-order valence-electron chi connectivity index (χ1n) is 9.24. The zero-order chi connectivity index (χ0) is 21.1. The van der Waals surface area contributed by atoms with E-state index in [2.05, 4.69) is 25.6 Å². The van der Waals surface area contributed by atoms with E-state index in [1.165, 1.54) is 6.07 Å². The Labute approximate surface area is 171 Å². The molecule has 0 saturated carbocycles. The number of benzene rings is 2. The number of nitrogens with one attached hydrogen (secondary N) is 2. The maximum absolute atomic E-state index is 12.9. The van der Waals surface area contributed by atoms with Crippen LogP contribution < -0.4 is 10.6 Å². The second-order valence-corrected chi connectivity index (χ2v) is 6.78. The lowest BCUT2D eigenvalue weighted by molar-refractivity contribution is -0.137. The number of aryl methyl sites for hydroxylation is 1. The molecule has 0 aliphatic carbocycles. The minimum atomic E-state index is -4.37. The number of hydrogen-bond acceptors (Lipinski definition) is 5. The van der Waals surface area contributed by atoms with Crippen molar-refractivity contribution in [3.05, 3.63) is 83.7 Å². The Hall–Kier alpha value is -3.68. The summed E-state index contributed by atoms with van der Waals surface area (Å²) in [6.45, 7) is 2.03. The molecular weight excluding hydrogens is 391 g/mol. The van der Waals surface area contributed by atoms with Crippen molar-refractivity contribution in [2.24, 2.45) is 0 Å². The van der Waals surface area contributed by atoms with E-state index in [0.29, 0.717) is 23.1 Å². The number of pyridine rings is 1.